The van der Waals surface area contributed by atoms with Crippen LogP contribution in [0.25, 0.3) is 10.9 Å². The number of amides is 2. The van der Waals surface area contributed by atoms with Gasteiger partial charge in [0.25, 0.3) is 5.56 Å². The van der Waals surface area contributed by atoms with Crippen molar-refractivity contribution in [1.82, 2.24) is 24.7 Å². The summed E-state index contributed by atoms with van der Waals surface area (Å²) < 4.78 is 1.46. The third-order valence-corrected chi connectivity index (χ3v) is 10.6. The van der Waals surface area contributed by atoms with Gasteiger partial charge in [-0.3, -0.25) is 29.2 Å². The number of piperazine rings is 1. The summed E-state index contributed by atoms with van der Waals surface area (Å²) in [5.41, 5.74) is 1.74. The average molecular weight is 547 g/mol. The lowest BCUT2D eigenvalue weighted by Crippen LogP contribution is -2.55. The first-order valence-electron chi connectivity index (χ1n) is 15.4. The fraction of sp³-hybridized carbons (Fsp3) is 0.677. The summed E-state index contributed by atoms with van der Waals surface area (Å²) in [6.45, 7) is 9.19. The number of carbonyl (C=O) groups excluding carboxylic acids is 2. The standard InChI is InChI=1S/C31H42N6O3/c1-20-33-25-4-2-3-24(28(25)30(40)37(20)26-5-6-27(38)34-29(26)39)32-7-8-35-9-11-36(12-10-35)19-31-16-21-13-22(17-31)15-23(14-21)18-31/h2-4,21-23,26,32H,5-19H2,1H3,(H,34,38,39). The Morgan fingerprint density at radius 3 is 2.33 bits per heavy atom. The van der Waals surface area contributed by atoms with E-state index in [-0.39, 0.29) is 17.9 Å². The van der Waals surface area contributed by atoms with Crippen molar-refractivity contribution in [2.24, 2.45) is 23.2 Å². The van der Waals surface area contributed by atoms with Crippen LogP contribution in [0.5, 0.6) is 0 Å². The maximum atomic E-state index is 13.7. The molecule has 3 heterocycles. The highest BCUT2D eigenvalue weighted by molar-refractivity contribution is 5.99. The van der Waals surface area contributed by atoms with Crippen LogP contribution in [0.15, 0.2) is 23.0 Å². The Labute approximate surface area is 235 Å². The molecule has 4 bridgehead atoms. The summed E-state index contributed by atoms with van der Waals surface area (Å²) in [4.78, 5) is 47.8. The van der Waals surface area contributed by atoms with Crippen LogP contribution in [-0.4, -0.2) is 77.0 Å². The molecule has 40 heavy (non-hydrogen) atoms. The van der Waals surface area contributed by atoms with Crippen molar-refractivity contribution in [1.29, 1.82) is 0 Å². The minimum Gasteiger partial charge on any atom is -0.383 e. The lowest BCUT2D eigenvalue weighted by atomic mass is 9.49. The number of nitrogens with one attached hydrogen (secondary N) is 2. The van der Waals surface area contributed by atoms with Gasteiger partial charge in [0, 0.05) is 57.9 Å². The highest BCUT2D eigenvalue weighted by atomic mass is 16.2. The van der Waals surface area contributed by atoms with Crippen LogP contribution in [0, 0.1) is 30.1 Å². The predicted molar refractivity (Wildman–Crippen MR) is 154 cm³/mol. The fourth-order valence-electron chi connectivity index (χ4n) is 9.27. The first-order valence-corrected chi connectivity index (χ1v) is 15.4. The molecule has 2 aromatic rings. The van der Waals surface area contributed by atoms with Crippen LogP contribution in [0.3, 0.4) is 0 Å². The number of nitrogens with zero attached hydrogens (tertiary/aromatic N) is 4. The zero-order valence-corrected chi connectivity index (χ0v) is 23.7. The SMILES string of the molecule is Cc1nc2cccc(NCCN3CCN(CC45CC6CC(CC(C6)C4)C5)CC3)c2c(=O)n1C1CCC(=O)NC1=O. The normalized spacial score (nSPS) is 32.5. The number of anilines is 1. The van der Waals surface area contributed by atoms with Crippen molar-refractivity contribution < 1.29 is 9.59 Å². The Kier molecular flexibility index (Phi) is 6.70. The quantitative estimate of drug-likeness (QED) is 0.515. The molecule has 8 rings (SSSR count). The number of piperidine rings is 1. The van der Waals surface area contributed by atoms with Crippen molar-refractivity contribution in [2.45, 2.75) is 64.3 Å². The Morgan fingerprint density at radius 2 is 1.65 bits per heavy atom. The van der Waals surface area contributed by atoms with E-state index in [9.17, 15) is 14.4 Å². The van der Waals surface area contributed by atoms with E-state index >= 15 is 0 Å². The minimum atomic E-state index is -0.718. The lowest BCUT2D eigenvalue weighted by molar-refractivity contribution is -0.135. The number of benzene rings is 1. The second-order valence-corrected chi connectivity index (χ2v) is 13.5. The second kappa shape index (κ2) is 10.2. The minimum absolute atomic E-state index is 0.218. The third kappa shape index (κ3) is 4.85. The number of fused-ring (bicyclic) bond motifs is 1. The van der Waals surface area contributed by atoms with Crippen LogP contribution < -0.4 is 16.2 Å². The largest absolute Gasteiger partial charge is 0.383 e. The molecular formula is C31H42N6O3. The van der Waals surface area contributed by atoms with Gasteiger partial charge in [-0.1, -0.05) is 6.07 Å². The van der Waals surface area contributed by atoms with Gasteiger partial charge < -0.3 is 10.2 Å². The molecule has 9 heteroatoms. The number of aryl methyl sites for hydroxylation is 1. The summed E-state index contributed by atoms with van der Waals surface area (Å²) >= 11 is 0. The zero-order valence-electron chi connectivity index (χ0n) is 23.7. The molecule has 2 aliphatic heterocycles. The van der Waals surface area contributed by atoms with Gasteiger partial charge in [-0.2, -0.15) is 0 Å². The van der Waals surface area contributed by atoms with Crippen molar-refractivity contribution in [3.05, 3.63) is 34.4 Å². The van der Waals surface area contributed by atoms with Gasteiger partial charge in [-0.25, -0.2) is 4.98 Å². The van der Waals surface area contributed by atoms with Crippen LogP contribution in [0.4, 0.5) is 5.69 Å². The van der Waals surface area contributed by atoms with Gasteiger partial charge in [0.05, 0.1) is 10.9 Å². The topological polar surface area (TPSA) is 99.6 Å². The summed E-state index contributed by atoms with van der Waals surface area (Å²) in [5, 5.41) is 6.36. The van der Waals surface area contributed by atoms with Crippen molar-refractivity contribution in [3.63, 3.8) is 0 Å². The van der Waals surface area contributed by atoms with Gasteiger partial charge in [-0.15, -0.1) is 0 Å². The van der Waals surface area contributed by atoms with Gasteiger partial charge in [-0.05, 0) is 87.2 Å². The molecule has 1 aromatic heterocycles. The van der Waals surface area contributed by atoms with Crippen molar-refractivity contribution >= 4 is 28.4 Å². The van der Waals surface area contributed by atoms with E-state index in [2.05, 4.69) is 25.4 Å². The molecule has 6 aliphatic rings. The van der Waals surface area contributed by atoms with Crippen LogP contribution >= 0.6 is 0 Å². The molecule has 4 aliphatic carbocycles. The number of hydrogen-bond donors (Lipinski definition) is 2. The summed E-state index contributed by atoms with van der Waals surface area (Å²) in [6, 6.07) is 4.95. The molecule has 1 aromatic carbocycles. The molecule has 2 amide bonds. The first kappa shape index (κ1) is 26.1. The first-order chi connectivity index (χ1) is 19.4. The van der Waals surface area contributed by atoms with Gasteiger partial charge in [0.2, 0.25) is 11.8 Å². The Balaban J connectivity index is 0.973. The van der Waals surface area contributed by atoms with E-state index in [4.69, 9.17) is 0 Å². The number of imide groups is 1. The van der Waals surface area contributed by atoms with E-state index in [1.165, 1.54) is 49.6 Å². The highest BCUT2D eigenvalue weighted by Crippen LogP contribution is 2.60. The summed E-state index contributed by atoms with van der Waals surface area (Å²) in [5.74, 6) is 2.79. The maximum absolute atomic E-state index is 13.7. The number of hydrogen-bond acceptors (Lipinski definition) is 7. The van der Waals surface area contributed by atoms with Gasteiger partial charge in [0.1, 0.15) is 11.9 Å². The van der Waals surface area contributed by atoms with Crippen LogP contribution in [0.2, 0.25) is 0 Å². The fourth-order valence-corrected chi connectivity index (χ4v) is 9.27. The predicted octanol–water partition coefficient (Wildman–Crippen LogP) is 2.93. The summed E-state index contributed by atoms with van der Waals surface area (Å²) in [7, 11) is 0. The molecule has 2 N–H and O–H groups in total. The van der Waals surface area contributed by atoms with Crippen molar-refractivity contribution in [2.75, 3.05) is 51.1 Å². The molecule has 4 saturated carbocycles. The number of rotatable bonds is 7. The number of carbonyl (C=O) groups is 2. The van der Waals surface area contributed by atoms with Crippen molar-refractivity contribution in [3.8, 4) is 0 Å². The molecule has 214 valence electrons. The molecule has 2 saturated heterocycles. The lowest BCUT2D eigenvalue weighted by Gasteiger charge is -2.58. The van der Waals surface area contributed by atoms with Crippen LogP contribution in [-0.2, 0) is 9.59 Å². The maximum Gasteiger partial charge on any atom is 0.264 e. The van der Waals surface area contributed by atoms with E-state index < -0.39 is 11.9 Å². The zero-order chi connectivity index (χ0) is 27.4. The monoisotopic (exact) mass is 546 g/mol. The van der Waals surface area contributed by atoms with Gasteiger partial charge >= 0.3 is 0 Å². The second-order valence-electron chi connectivity index (χ2n) is 13.5. The number of aromatic nitrogens is 2. The van der Waals surface area contributed by atoms with Crippen LogP contribution in [0.1, 0.15) is 63.2 Å². The molecule has 9 nitrogen and oxygen atoms in total. The van der Waals surface area contributed by atoms with E-state index in [1.807, 2.05) is 18.2 Å². The van der Waals surface area contributed by atoms with E-state index in [0.29, 0.717) is 28.6 Å². The molecular weight excluding hydrogens is 504 g/mol. The molecule has 6 fully saturated rings. The van der Waals surface area contributed by atoms with E-state index in [0.717, 1.165) is 62.7 Å². The molecule has 0 radical (unpaired) electrons. The molecule has 1 unspecified atom stereocenters. The smallest absolute Gasteiger partial charge is 0.264 e. The Morgan fingerprint density at radius 1 is 0.975 bits per heavy atom. The molecule has 1 atom stereocenters. The molecule has 0 spiro atoms. The third-order valence-electron chi connectivity index (χ3n) is 10.6. The van der Waals surface area contributed by atoms with Gasteiger partial charge in [0.15, 0.2) is 0 Å². The Bertz CT molecular complexity index is 1340. The van der Waals surface area contributed by atoms with E-state index in [1.54, 1.807) is 6.92 Å². The average Bonchev–Trinajstić information content (AvgIpc) is 2.90. The highest BCUT2D eigenvalue weighted by Gasteiger charge is 2.51. The Hall–Kier alpha value is -2.78. The summed E-state index contributed by atoms with van der Waals surface area (Å²) in [6.07, 6.45) is 9.50.